The van der Waals surface area contributed by atoms with Crippen LogP contribution in [0.25, 0.3) is 0 Å². The van der Waals surface area contributed by atoms with Gasteiger partial charge in [0, 0.05) is 24.9 Å². The summed E-state index contributed by atoms with van der Waals surface area (Å²) in [6, 6.07) is 4.78. The highest BCUT2D eigenvalue weighted by molar-refractivity contribution is 7.89. The summed E-state index contributed by atoms with van der Waals surface area (Å²) in [5, 5.41) is 12.5. The van der Waals surface area contributed by atoms with E-state index in [1.54, 1.807) is 0 Å². The first-order valence-electron chi connectivity index (χ1n) is 9.75. The van der Waals surface area contributed by atoms with Crippen molar-refractivity contribution in [2.24, 2.45) is 5.92 Å². The molecule has 1 N–H and O–H groups in total. The van der Waals surface area contributed by atoms with E-state index < -0.39 is 15.8 Å². The van der Waals surface area contributed by atoms with E-state index in [2.05, 4.69) is 29.4 Å². The first kappa shape index (κ1) is 21.8. The number of hydrogen-bond acceptors (Lipinski definition) is 6. The van der Waals surface area contributed by atoms with Crippen LogP contribution in [-0.2, 0) is 14.8 Å². The van der Waals surface area contributed by atoms with E-state index in [4.69, 9.17) is 0 Å². The first-order valence-corrected chi connectivity index (χ1v) is 12.0. The topological polar surface area (TPSA) is 92.3 Å². The molecule has 0 atom stereocenters. The van der Waals surface area contributed by atoms with Gasteiger partial charge in [-0.3, -0.25) is 4.79 Å². The van der Waals surface area contributed by atoms with E-state index in [1.165, 1.54) is 27.8 Å². The summed E-state index contributed by atoms with van der Waals surface area (Å²) < 4.78 is 39.8. The third-order valence-electron chi connectivity index (χ3n) is 5.28. The molecule has 1 aromatic heterocycles. The summed E-state index contributed by atoms with van der Waals surface area (Å²) in [4.78, 5) is 12.6. The number of piperidine rings is 1. The van der Waals surface area contributed by atoms with E-state index in [9.17, 15) is 17.6 Å². The van der Waals surface area contributed by atoms with Crippen LogP contribution in [-0.4, -0.2) is 41.9 Å². The number of benzene rings is 1. The number of amides is 1. The molecule has 29 heavy (non-hydrogen) atoms. The molecule has 1 aliphatic rings. The number of carbonyl (C=O) groups excluding carboxylic acids is 1. The Labute approximate surface area is 174 Å². The SMILES string of the molecule is CCC(CC)c1nnc(NC(=O)C2CCN(S(=O)(=O)c3ccc(F)cc3)CC2)s1. The van der Waals surface area contributed by atoms with Crippen molar-refractivity contribution in [2.75, 3.05) is 18.4 Å². The summed E-state index contributed by atoms with van der Waals surface area (Å²) in [6.07, 6.45) is 2.79. The molecule has 2 heterocycles. The zero-order valence-electron chi connectivity index (χ0n) is 16.5. The van der Waals surface area contributed by atoms with Gasteiger partial charge in [0.15, 0.2) is 0 Å². The summed E-state index contributed by atoms with van der Waals surface area (Å²) in [7, 11) is -3.68. The highest BCUT2D eigenvalue weighted by atomic mass is 32.2. The lowest BCUT2D eigenvalue weighted by Gasteiger charge is -2.30. The summed E-state index contributed by atoms with van der Waals surface area (Å²) in [5.41, 5.74) is 0. The summed E-state index contributed by atoms with van der Waals surface area (Å²) in [5.74, 6) is -0.576. The van der Waals surface area contributed by atoms with E-state index in [0.29, 0.717) is 23.9 Å². The van der Waals surface area contributed by atoms with Gasteiger partial charge < -0.3 is 5.32 Å². The number of sulfonamides is 1. The fourth-order valence-corrected chi connectivity index (χ4v) is 5.89. The van der Waals surface area contributed by atoms with Crippen LogP contribution < -0.4 is 5.32 Å². The van der Waals surface area contributed by atoms with Crippen molar-refractivity contribution < 1.29 is 17.6 Å². The number of nitrogens with one attached hydrogen (secondary N) is 1. The number of carbonyl (C=O) groups is 1. The van der Waals surface area contributed by atoms with E-state index in [-0.39, 0.29) is 29.8 Å². The molecule has 0 aliphatic carbocycles. The molecule has 1 fully saturated rings. The second kappa shape index (κ2) is 9.27. The largest absolute Gasteiger partial charge is 0.300 e. The lowest BCUT2D eigenvalue weighted by molar-refractivity contribution is -0.120. The van der Waals surface area contributed by atoms with Gasteiger partial charge in [0.1, 0.15) is 10.8 Å². The van der Waals surface area contributed by atoms with Crippen molar-refractivity contribution in [1.82, 2.24) is 14.5 Å². The van der Waals surface area contributed by atoms with Gasteiger partial charge in [0.05, 0.1) is 4.90 Å². The molecule has 7 nitrogen and oxygen atoms in total. The number of halogens is 1. The Balaban J connectivity index is 1.57. The number of nitrogens with zero attached hydrogens (tertiary/aromatic N) is 3. The Morgan fingerprint density at radius 1 is 1.21 bits per heavy atom. The normalized spacial score (nSPS) is 16.3. The lowest BCUT2D eigenvalue weighted by atomic mass is 9.97. The average Bonchev–Trinajstić information content (AvgIpc) is 3.17. The van der Waals surface area contributed by atoms with Gasteiger partial charge in [-0.25, -0.2) is 12.8 Å². The molecule has 0 radical (unpaired) electrons. The predicted octanol–water partition coefficient (Wildman–Crippen LogP) is 3.62. The molecule has 1 aromatic carbocycles. The summed E-state index contributed by atoms with van der Waals surface area (Å²) in [6.45, 7) is 4.68. The minimum absolute atomic E-state index is 0.0598. The molecule has 0 saturated carbocycles. The number of rotatable bonds is 7. The molecule has 10 heteroatoms. The smallest absolute Gasteiger partial charge is 0.243 e. The molecule has 0 bridgehead atoms. The van der Waals surface area contributed by atoms with Crippen molar-refractivity contribution in [3.05, 3.63) is 35.1 Å². The molecule has 158 valence electrons. The maximum atomic E-state index is 13.1. The number of aromatic nitrogens is 2. The van der Waals surface area contributed by atoms with Crippen molar-refractivity contribution in [2.45, 2.75) is 50.3 Å². The summed E-state index contributed by atoms with van der Waals surface area (Å²) >= 11 is 1.39. The van der Waals surface area contributed by atoms with Gasteiger partial charge >= 0.3 is 0 Å². The minimum Gasteiger partial charge on any atom is -0.300 e. The third-order valence-corrected chi connectivity index (χ3v) is 8.20. The molecule has 2 aromatic rings. The minimum atomic E-state index is -3.68. The van der Waals surface area contributed by atoms with E-state index in [1.807, 2.05) is 0 Å². The Hall–Kier alpha value is -1.91. The molecule has 1 amide bonds. The van der Waals surface area contributed by atoms with Gasteiger partial charge in [0.25, 0.3) is 0 Å². The maximum absolute atomic E-state index is 13.1. The quantitative estimate of drug-likeness (QED) is 0.710. The fraction of sp³-hybridized carbons (Fsp3) is 0.526. The van der Waals surface area contributed by atoms with Crippen LogP contribution >= 0.6 is 11.3 Å². The van der Waals surface area contributed by atoms with Gasteiger partial charge in [0.2, 0.25) is 21.1 Å². The van der Waals surface area contributed by atoms with Gasteiger partial charge in [-0.2, -0.15) is 4.31 Å². The predicted molar refractivity (Wildman–Crippen MR) is 110 cm³/mol. The highest BCUT2D eigenvalue weighted by Gasteiger charge is 2.32. The maximum Gasteiger partial charge on any atom is 0.243 e. The number of anilines is 1. The highest BCUT2D eigenvalue weighted by Crippen LogP contribution is 2.29. The van der Waals surface area contributed by atoms with Crippen LogP contribution in [0.2, 0.25) is 0 Å². The third kappa shape index (κ3) is 4.99. The second-order valence-electron chi connectivity index (χ2n) is 7.08. The van der Waals surface area contributed by atoms with Gasteiger partial charge in [-0.05, 0) is 49.9 Å². The van der Waals surface area contributed by atoms with E-state index in [0.717, 1.165) is 30.0 Å². The van der Waals surface area contributed by atoms with Crippen molar-refractivity contribution >= 4 is 32.4 Å². The fourth-order valence-electron chi connectivity index (χ4n) is 3.41. The first-order chi connectivity index (χ1) is 13.8. The second-order valence-corrected chi connectivity index (χ2v) is 10.0. The lowest BCUT2D eigenvalue weighted by Crippen LogP contribution is -2.41. The van der Waals surface area contributed by atoms with Crippen LogP contribution in [0.3, 0.4) is 0 Å². The van der Waals surface area contributed by atoms with Crippen LogP contribution in [0.15, 0.2) is 29.2 Å². The molecular formula is C19H25FN4O3S2. The molecule has 1 aliphatic heterocycles. The Bertz CT molecular complexity index is 935. The molecule has 3 rings (SSSR count). The zero-order chi connectivity index (χ0) is 21.0. The van der Waals surface area contributed by atoms with Crippen molar-refractivity contribution in [3.63, 3.8) is 0 Å². The van der Waals surface area contributed by atoms with Crippen LogP contribution in [0.1, 0.15) is 50.5 Å². The van der Waals surface area contributed by atoms with Crippen molar-refractivity contribution in [3.8, 4) is 0 Å². The zero-order valence-corrected chi connectivity index (χ0v) is 18.1. The Morgan fingerprint density at radius 2 is 1.83 bits per heavy atom. The molecule has 0 spiro atoms. The van der Waals surface area contributed by atoms with Crippen LogP contribution in [0, 0.1) is 11.7 Å². The molecule has 0 unspecified atom stereocenters. The van der Waals surface area contributed by atoms with E-state index >= 15 is 0 Å². The Morgan fingerprint density at radius 3 is 2.41 bits per heavy atom. The molecular weight excluding hydrogens is 415 g/mol. The Kier molecular flexibility index (Phi) is 6.97. The monoisotopic (exact) mass is 440 g/mol. The van der Waals surface area contributed by atoms with Gasteiger partial charge in [-0.1, -0.05) is 25.2 Å². The van der Waals surface area contributed by atoms with Crippen LogP contribution in [0.4, 0.5) is 9.52 Å². The van der Waals surface area contributed by atoms with Crippen LogP contribution in [0.5, 0.6) is 0 Å². The molecule has 1 saturated heterocycles. The van der Waals surface area contributed by atoms with Gasteiger partial charge in [-0.15, -0.1) is 10.2 Å². The van der Waals surface area contributed by atoms with Crippen molar-refractivity contribution in [1.29, 1.82) is 0 Å². The standard InChI is InChI=1S/C19H25FN4O3S2/c1-3-13(4-2)18-22-23-19(28-18)21-17(25)14-9-11-24(12-10-14)29(26,27)16-7-5-15(20)6-8-16/h5-8,13-14H,3-4,9-12H2,1-2H3,(H,21,23,25). The average molecular weight is 441 g/mol. The number of hydrogen-bond donors (Lipinski definition) is 1.